The number of carbonyl (C=O) groups is 3. The van der Waals surface area contributed by atoms with Gasteiger partial charge in [0, 0.05) is 0 Å². The van der Waals surface area contributed by atoms with E-state index in [-0.39, 0.29) is 11.3 Å². The van der Waals surface area contributed by atoms with Crippen LogP contribution in [-0.2, 0) is 9.59 Å². The van der Waals surface area contributed by atoms with Gasteiger partial charge in [-0.25, -0.2) is 14.1 Å². The maximum absolute atomic E-state index is 14.0. The van der Waals surface area contributed by atoms with Gasteiger partial charge in [-0.15, -0.1) is 0 Å². The number of anilines is 1. The Morgan fingerprint density at radius 1 is 1.08 bits per heavy atom. The predicted octanol–water partition coefficient (Wildman–Crippen LogP) is 2.89. The van der Waals surface area contributed by atoms with Crippen molar-refractivity contribution in [3.63, 3.8) is 0 Å². The van der Waals surface area contributed by atoms with Gasteiger partial charge >= 0.3 is 6.03 Å². The number of hydrogen-bond acceptors (Lipinski definition) is 4. The van der Waals surface area contributed by atoms with Crippen molar-refractivity contribution >= 4 is 29.6 Å². The molecule has 2 aromatic rings. The Labute approximate surface area is 148 Å². The van der Waals surface area contributed by atoms with Gasteiger partial charge in [0.05, 0.1) is 12.3 Å². The van der Waals surface area contributed by atoms with Crippen molar-refractivity contribution < 1.29 is 23.5 Å². The van der Waals surface area contributed by atoms with Crippen LogP contribution in [0.4, 0.5) is 14.9 Å². The third kappa shape index (κ3) is 3.32. The van der Waals surface area contributed by atoms with Crippen molar-refractivity contribution in [1.29, 1.82) is 0 Å². The summed E-state index contributed by atoms with van der Waals surface area (Å²) in [6.07, 6.45) is 1.34. The highest BCUT2D eigenvalue weighted by atomic mass is 19.1. The Balaban J connectivity index is 1.96. The van der Waals surface area contributed by atoms with E-state index in [0.717, 1.165) is 6.07 Å². The fourth-order valence-corrected chi connectivity index (χ4v) is 2.50. The first-order valence-corrected chi connectivity index (χ1v) is 7.90. The van der Waals surface area contributed by atoms with Crippen molar-refractivity contribution in [3.8, 4) is 5.75 Å². The molecule has 0 spiro atoms. The molecule has 1 aliphatic rings. The zero-order valence-corrected chi connectivity index (χ0v) is 13.9. The number of imide groups is 2. The van der Waals surface area contributed by atoms with E-state index in [1.807, 2.05) is 6.92 Å². The second-order valence-corrected chi connectivity index (χ2v) is 5.41. The van der Waals surface area contributed by atoms with E-state index in [1.165, 1.54) is 24.3 Å². The number of benzene rings is 2. The van der Waals surface area contributed by atoms with Crippen LogP contribution < -0.4 is 15.0 Å². The molecule has 0 aliphatic carbocycles. The van der Waals surface area contributed by atoms with Crippen LogP contribution >= 0.6 is 0 Å². The van der Waals surface area contributed by atoms with Crippen LogP contribution in [-0.4, -0.2) is 24.5 Å². The third-order valence-corrected chi connectivity index (χ3v) is 3.70. The fraction of sp³-hybridized carbons (Fsp3) is 0.105. The molecule has 2 aromatic carbocycles. The van der Waals surface area contributed by atoms with Gasteiger partial charge in [0.1, 0.15) is 17.1 Å². The van der Waals surface area contributed by atoms with Gasteiger partial charge in [-0.2, -0.15) is 0 Å². The number of ether oxygens (including phenoxy) is 1. The van der Waals surface area contributed by atoms with Gasteiger partial charge in [-0.3, -0.25) is 14.9 Å². The first-order valence-electron chi connectivity index (χ1n) is 7.90. The molecule has 0 unspecified atom stereocenters. The van der Waals surface area contributed by atoms with Crippen molar-refractivity contribution in [2.24, 2.45) is 0 Å². The quantitative estimate of drug-likeness (QED) is 0.677. The summed E-state index contributed by atoms with van der Waals surface area (Å²) in [6.45, 7) is 2.37. The number of nitrogens with zero attached hydrogens (tertiary/aromatic N) is 1. The van der Waals surface area contributed by atoms with E-state index in [2.05, 4.69) is 5.32 Å². The minimum atomic E-state index is -0.992. The molecule has 1 N–H and O–H groups in total. The van der Waals surface area contributed by atoms with Crippen LogP contribution in [0.2, 0.25) is 0 Å². The number of amides is 4. The van der Waals surface area contributed by atoms with Crippen molar-refractivity contribution in [2.45, 2.75) is 6.92 Å². The van der Waals surface area contributed by atoms with Gasteiger partial charge in [0.15, 0.2) is 0 Å². The molecule has 0 atom stereocenters. The zero-order chi connectivity index (χ0) is 18.7. The molecule has 0 radical (unpaired) electrons. The number of carbonyl (C=O) groups excluding carboxylic acids is 3. The van der Waals surface area contributed by atoms with E-state index < -0.39 is 23.7 Å². The van der Waals surface area contributed by atoms with E-state index in [1.54, 1.807) is 24.3 Å². The number of rotatable bonds is 4. The van der Waals surface area contributed by atoms with Crippen molar-refractivity contribution in [1.82, 2.24) is 5.32 Å². The summed E-state index contributed by atoms with van der Waals surface area (Å²) < 4.78 is 19.3. The van der Waals surface area contributed by atoms with Gasteiger partial charge in [0.25, 0.3) is 11.8 Å². The fourth-order valence-electron chi connectivity index (χ4n) is 2.50. The highest BCUT2D eigenvalue weighted by molar-refractivity contribution is 6.39. The Hall–Kier alpha value is -3.48. The SMILES string of the molecule is CCOc1ccc(/C=C2/C(=O)NC(=O)N(c3ccccc3F)C2=O)cc1. The first kappa shape index (κ1) is 17.3. The molecule has 1 aliphatic heterocycles. The Kier molecular flexibility index (Phi) is 4.79. The number of barbiturate groups is 1. The van der Waals surface area contributed by atoms with Crippen molar-refractivity contribution in [2.75, 3.05) is 11.5 Å². The molecule has 0 aromatic heterocycles. The lowest BCUT2D eigenvalue weighted by molar-refractivity contribution is -0.122. The topological polar surface area (TPSA) is 75.7 Å². The summed E-state index contributed by atoms with van der Waals surface area (Å²) in [6, 6.07) is 11.1. The molecule has 1 fully saturated rings. The minimum Gasteiger partial charge on any atom is -0.494 e. The summed E-state index contributed by atoms with van der Waals surface area (Å²) >= 11 is 0. The van der Waals surface area contributed by atoms with Crippen LogP contribution in [0.5, 0.6) is 5.75 Å². The molecule has 6 nitrogen and oxygen atoms in total. The van der Waals surface area contributed by atoms with Gasteiger partial charge in [0.2, 0.25) is 0 Å². The molecular formula is C19H15FN2O4. The molecule has 132 valence electrons. The van der Waals surface area contributed by atoms with Crippen LogP contribution in [0.1, 0.15) is 12.5 Å². The first-order chi connectivity index (χ1) is 12.5. The zero-order valence-electron chi connectivity index (χ0n) is 13.9. The van der Waals surface area contributed by atoms with E-state index in [4.69, 9.17) is 4.74 Å². The third-order valence-electron chi connectivity index (χ3n) is 3.70. The van der Waals surface area contributed by atoms with Gasteiger partial charge < -0.3 is 4.74 Å². The average molecular weight is 354 g/mol. The second kappa shape index (κ2) is 7.18. The summed E-state index contributed by atoms with van der Waals surface area (Å²) in [5, 5.41) is 2.06. The van der Waals surface area contributed by atoms with Crippen LogP contribution in [0.3, 0.4) is 0 Å². The lowest BCUT2D eigenvalue weighted by Gasteiger charge is -2.26. The van der Waals surface area contributed by atoms with Gasteiger partial charge in [-0.1, -0.05) is 24.3 Å². The molecule has 1 saturated heterocycles. The lowest BCUT2D eigenvalue weighted by Crippen LogP contribution is -2.54. The van der Waals surface area contributed by atoms with E-state index in [0.29, 0.717) is 22.8 Å². The number of halogens is 1. The summed E-state index contributed by atoms with van der Waals surface area (Å²) in [5.41, 5.74) is 0.0758. The highest BCUT2D eigenvalue weighted by Gasteiger charge is 2.37. The number of hydrogen-bond donors (Lipinski definition) is 1. The molecule has 4 amide bonds. The number of urea groups is 1. The molecule has 1 heterocycles. The maximum Gasteiger partial charge on any atom is 0.336 e. The monoisotopic (exact) mass is 354 g/mol. The molecular weight excluding hydrogens is 339 g/mol. The highest BCUT2D eigenvalue weighted by Crippen LogP contribution is 2.24. The Bertz CT molecular complexity index is 906. The second-order valence-electron chi connectivity index (χ2n) is 5.41. The molecule has 0 saturated carbocycles. The molecule has 7 heteroatoms. The Morgan fingerprint density at radius 2 is 1.77 bits per heavy atom. The lowest BCUT2D eigenvalue weighted by atomic mass is 10.1. The molecule has 0 bridgehead atoms. The van der Waals surface area contributed by atoms with Crippen LogP contribution in [0.25, 0.3) is 6.08 Å². The smallest absolute Gasteiger partial charge is 0.336 e. The number of para-hydroxylation sites is 1. The summed E-state index contributed by atoms with van der Waals surface area (Å²) in [7, 11) is 0. The normalized spacial score (nSPS) is 16.0. The molecule has 26 heavy (non-hydrogen) atoms. The summed E-state index contributed by atoms with van der Waals surface area (Å²) in [5.74, 6) is -1.82. The van der Waals surface area contributed by atoms with E-state index >= 15 is 0 Å². The number of nitrogens with one attached hydrogen (secondary N) is 1. The standard InChI is InChI=1S/C19H15FN2O4/c1-2-26-13-9-7-12(8-10-13)11-14-17(23)21-19(25)22(18(14)24)16-6-4-3-5-15(16)20/h3-11H,2H2,1H3,(H,21,23,25)/b14-11-. The summed E-state index contributed by atoms with van der Waals surface area (Å²) in [4.78, 5) is 37.4. The van der Waals surface area contributed by atoms with Crippen molar-refractivity contribution in [3.05, 3.63) is 65.5 Å². The maximum atomic E-state index is 14.0. The van der Waals surface area contributed by atoms with Gasteiger partial charge in [-0.05, 0) is 42.8 Å². The predicted molar refractivity (Wildman–Crippen MR) is 93.0 cm³/mol. The minimum absolute atomic E-state index is 0.222. The average Bonchev–Trinajstić information content (AvgIpc) is 2.62. The Morgan fingerprint density at radius 3 is 2.42 bits per heavy atom. The largest absolute Gasteiger partial charge is 0.494 e. The van der Waals surface area contributed by atoms with Crippen LogP contribution in [0.15, 0.2) is 54.1 Å². The van der Waals surface area contributed by atoms with Crippen LogP contribution in [0, 0.1) is 5.82 Å². The molecule has 3 rings (SSSR count). The van der Waals surface area contributed by atoms with E-state index in [9.17, 15) is 18.8 Å².